The number of hydrogen-bond acceptors (Lipinski definition) is 4. The van der Waals surface area contributed by atoms with Crippen LogP contribution in [0.15, 0.2) is 30.9 Å². The maximum Gasteiger partial charge on any atom is 0.161 e. The molecule has 1 aromatic carbocycles. The van der Waals surface area contributed by atoms with Crippen LogP contribution in [-0.4, -0.2) is 49.5 Å². The third kappa shape index (κ3) is 2.72. The van der Waals surface area contributed by atoms with Gasteiger partial charge in [0.05, 0.1) is 19.8 Å². The van der Waals surface area contributed by atoms with Gasteiger partial charge in [0, 0.05) is 11.5 Å². The number of likely N-dealkylation sites (tertiary alicyclic amines) is 1. The van der Waals surface area contributed by atoms with Crippen molar-refractivity contribution < 1.29 is 14.6 Å². The molecule has 0 amide bonds. The zero-order valence-electron chi connectivity index (χ0n) is 15.0. The van der Waals surface area contributed by atoms with E-state index in [0.29, 0.717) is 12.5 Å². The van der Waals surface area contributed by atoms with Crippen LogP contribution in [0, 0.1) is 0 Å². The van der Waals surface area contributed by atoms with E-state index in [1.165, 1.54) is 5.56 Å². The predicted molar refractivity (Wildman–Crippen MR) is 95.9 cm³/mol. The summed E-state index contributed by atoms with van der Waals surface area (Å²) in [6.07, 6.45) is 6.23. The maximum atomic E-state index is 10.9. The molecule has 3 rings (SSSR count). The largest absolute Gasteiger partial charge is 0.493 e. The highest BCUT2D eigenvalue weighted by Crippen LogP contribution is 2.52. The summed E-state index contributed by atoms with van der Waals surface area (Å²) in [7, 11) is 5.52. The van der Waals surface area contributed by atoms with Crippen LogP contribution in [0.5, 0.6) is 11.5 Å². The van der Waals surface area contributed by atoms with E-state index >= 15 is 0 Å². The van der Waals surface area contributed by atoms with E-state index in [9.17, 15) is 5.11 Å². The number of rotatable bonds is 5. The van der Waals surface area contributed by atoms with Crippen molar-refractivity contribution in [3.63, 3.8) is 0 Å². The number of nitrogens with zero attached hydrogens (tertiary/aromatic N) is 1. The highest BCUT2D eigenvalue weighted by Gasteiger charge is 2.53. The van der Waals surface area contributed by atoms with Crippen LogP contribution in [0.3, 0.4) is 0 Å². The zero-order chi connectivity index (χ0) is 17.4. The molecule has 1 aromatic rings. The van der Waals surface area contributed by atoms with Crippen LogP contribution in [0.2, 0.25) is 0 Å². The number of fused-ring (bicyclic) bond motifs is 1. The summed E-state index contributed by atoms with van der Waals surface area (Å²) in [5.74, 6) is 1.55. The molecular formula is C20H29NO3. The van der Waals surface area contributed by atoms with Crippen molar-refractivity contribution in [3.8, 4) is 11.5 Å². The highest BCUT2D eigenvalue weighted by molar-refractivity contribution is 5.46. The van der Waals surface area contributed by atoms with Crippen molar-refractivity contribution >= 4 is 0 Å². The van der Waals surface area contributed by atoms with Crippen molar-refractivity contribution in [1.82, 2.24) is 4.90 Å². The average molecular weight is 331 g/mol. The van der Waals surface area contributed by atoms with Gasteiger partial charge >= 0.3 is 0 Å². The average Bonchev–Trinajstić information content (AvgIpc) is 2.91. The monoisotopic (exact) mass is 331 g/mol. The Hall–Kier alpha value is -1.52. The van der Waals surface area contributed by atoms with Gasteiger partial charge in [0.25, 0.3) is 0 Å². The molecule has 1 saturated carbocycles. The van der Waals surface area contributed by atoms with Gasteiger partial charge in [-0.15, -0.1) is 6.58 Å². The lowest BCUT2D eigenvalue weighted by Crippen LogP contribution is -2.52. The van der Waals surface area contributed by atoms with Gasteiger partial charge in [0.2, 0.25) is 0 Å². The van der Waals surface area contributed by atoms with Gasteiger partial charge < -0.3 is 19.5 Å². The fraction of sp³-hybridized carbons (Fsp3) is 0.600. The fourth-order valence-corrected chi connectivity index (χ4v) is 4.76. The van der Waals surface area contributed by atoms with E-state index < -0.39 is 5.60 Å². The lowest BCUT2D eigenvalue weighted by Gasteiger charge is -2.48. The molecule has 1 saturated heterocycles. The predicted octanol–water partition coefficient (Wildman–Crippen LogP) is 3.14. The van der Waals surface area contributed by atoms with E-state index in [2.05, 4.69) is 30.7 Å². The quantitative estimate of drug-likeness (QED) is 0.842. The third-order valence-electron chi connectivity index (χ3n) is 6.17. The van der Waals surface area contributed by atoms with Crippen LogP contribution < -0.4 is 9.47 Å². The van der Waals surface area contributed by atoms with E-state index in [0.717, 1.165) is 43.7 Å². The number of hydrogen-bond donors (Lipinski definition) is 1. The summed E-state index contributed by atoms with van der Waals surface area (Å²) in [5.41, 5.74) is 0.766. The Morgan fingerprint density at radius 1 is 1.25 bits per heavy atom. The zero-order valence-corrected chi connectivity index (χ0v) is 15.0. The summed E-state index contributed by atoms with van der Waals surface area (Å²) in [4.78, 5) is 2.41. The number of aliphatic hydroxyl groups is 1. The van der Waals surface area contributed by atoms with E-state index in [4.69, 9.17) is 9.47 Å². The minimum Gasteiger partial charge on any atom is -0.493 e. The van der Waals surface area contributed by atoms with Crippen LogP contribution in [-0.2, 0) is 5.41 Å². The highest BCUT2D eigenvalue weighted by atomic mass is 16.5. The second kappa shape index (κ2) is 6.41. The Labute approximate surface area is 145 Å². The fourth-order valence-electron chi connectivity index (χ4n) is 4.76. The van der Waals surface area contributed by atoms with Crippen molar-refractivity contribution in [2.45, 2.75) is 49.2 Å². The van der Waals surface area contributed by atoms with Gasteiger partial charge in [0.15, 0.2) is 11.5 Å². The summed E-state index contributed by atoms with van der Waals surface area (Å²) >= 11 is 0. The molecule has 4 heteroatoms. The standard InChI is InChI=1S/C20H29NO3/c1-5-8-19(22)9-10-20(11-12-21(2)18(20)14-19)15-6-7-16(23-3)17(13-15)24-4/h5-7,13,18,22H,1,8-12,14H2,2-4H3/t18-,19?,20-/m0/s1. The van der Waals surface area contributed by atoms with Crippen LogP contribution in [0.25, 0.3) is 0 Å². The molecule has 0 spiro atoms. The lowest BCUT2D eigenvalue weighted by molar-refractivity contribution is -0.0366. The molecule has 1 aliphatic carbocycles. The summed E-state index contributed by atoms with van der Waals surface area (Å²) in [5, 5.41) is 10.9. The van der Waals surface area contributed by atoms with E-state index in [1.807, 2.05) is 12.1 Å². The number of methoxy groups -OCH3 is 2. The van der Waals surface area contributed by atoms with E-state index in [1.54, 1.807) is 14.2 Å². The van der Waals surface area contributed by atoms with Crippen LogP contribution in [0.1, 0.15) is 37.7 Å². The summed E-state index contributed by atoms with van der Waals surface area (Å²) < 4.78 is 10.9. The Morgan fingerprint density at radius 2 is 2.00 bits per heavy atom. The minimum absolute atomic E-state index is 0.0850. The van der Waals surface area contributed by atoms with Gasteiger partial charge in [-0.25, -0.2) is 0 Å². The normalized spacial score (nSPS) is 33.1. The molecule has 4 nitrogen and oxygen atoms in total. The van der Waals surface area contributed by atoms with Crippen LogP contribution in [0.4, 0.5) is 0 Å². The molecule has 2 aliphatic rings. The molecule has 3 atom stereocenters. The first kappa shape index (κ1) is 17.3. The molecule has 24 heavy (non-hydrogen) atoms. The molecular weight excluding hydrogens is 302 g/mol. The maximum absolute atomic E-state index is 10.9. The molecule has 1 aliphatic heterocycles. The molecule has 0 bridgehead atoms. The van der Waals surface area contributed by atoms with E-state index in [-0.39, 0.29) is 5.41 Å². The number of benzene rings is 1. The first-order valence-corrected chi connectivity index (χ1v) is 8.74. The van der Waals surface area contributed by atoms with Gasteiger partial charge in [0.1, 0.15) is 0 Å². The Kier molecular flexibility index (Phi) is 4.63. The molecule has 2 fully saturated rings. The van der Waals surface area contributed by atoms with Gasteiger partial charge in [-0.1, -0.05) is 12.1 Å². The second-order valence-corrected chi connectivity index (χ2v) is 7.39. The second-order valence-electron chi connectivity index (χ2n) is 7.39. The van der Waals surface area contributed by atoms with Crippen molar-refractivity contribution in [1.29, 1.82) is 0 Å². The Morgan fingerprint density at radius 3 is 2.67 bits per heavy atom. The molecule has 132 valence electrons. The molecule has 0 radical (unpaired) electrons. The first-order chi connectivity index (χ1) is 11.5. The van der Waals surface area contributed by atoms with Crippen molar-refractivity contribution in [2.24, 2.45) is 0 Å². The Bertz CT molecular complexity index is 617. The van der Waals surface area contributed by atoms with Crippen molar-refractivity contribution in [2.75, 3.05) is 27.8 Å². The number of likely N-dealkylation sites (N-methyl/N-ethyl adjacent to an activating group) is 1. The SMILES string of the molecule is C=CCC1(O)CC[C@@]2(c3ccc(OC)c(OC)c3)CCN(C)[C@H]2C1. The number of ether oxygens (including phenoxy) is 2. The van der Waals surface area contributed by atoms with Gasteiger partial charge in [-0.3, -0.25) is 0 Å². The Balaban J connectivity index is 1.98. The first-order valence-electron chi connectivity index (χ1n) is 8.74. The molecule has 1 unspecified atom stereocenters. The molecule has 0 aromatic heterocycles. The molecule has 1 N–H and O–H groups in total. The van der Waals surface area contributed by atoms with Gasteiger partial charge in [-0.05, 0) is 63.4 Å². The summed E-state index contributed by atoms with van der Waals surface area (Å²) in [6.45, 7) is 4.88. The van der Waals surface area contributed by atoms with Crippen LogP contribution >= 0.6 is 0 Å². The smallest absolute Gasteiger partial charge is 0.161 e. The van der Waals surface area contributed by atoms with Crippen molar-refractivity contribution in [3.05, 3.63) is 36.4 Å². The molecule has 1 heterocycles. The topological polar surface area (TPSA) is 41.9 Å². The third-order valence-corrected chi connectivity index (χ3v) is 6.17. The lowest BCUT2D eigenvalue weighted by atomic mass is 9.61. The summed E-state index contributed by atoms with van der Waals surface area (Å²) in [6, 6.07) is 6.64. The van der Waals surface area contributed by atoms with Gasteiger partial charge in [-0.2, -0.15) is 0 Å². The minimum atomic E-state index is -0.620.